The SMILES string of the molecule is CC(/C=C1/C=C(C2CCC(O)(CO)CC2)C(=O)O1)C(N)=O. The molecular weight excluding hydrogens is 274 g/mol. The maximum atomic E-state index is 11.9. The molecule has 0 saturated heterocycles. The predicted molar refractivity (Wildman–Crippen MR) is 74.6 cm³/mol. The second kappa shape index (κ2) is 5.99. The normalized spacial score (nSPS) is 32.7. The Morgan fingerprint density at radius 1 is 1.57 bits per heavy atom. The third kappa shape index (κ3) is 3.51. The fraction of sp³-hybridized carbons (Fsp3) is 0.600. The summed E-state index contributed by atoms with van der Waals surface area (Å²) in [4.78, 5) is 22.9. The summed E-state index contributed by atoms with van der Waals surface area (Å²) in [6, 6.07) is 0. The van der Waals surface area contributed by atoms with Gasteiger partial charge in [0.25, 0.3) is 0 Å². The molecule has 0 bridgehead atoms. The van der Waals surface area contributed by atoms with Crippen molar-refractivity contribution in [3.8, 4) is 0 Å². The predicted octanol–water partition coefficient (Wildman–Crippen LogP) is 0.388. The first-order valence-electron chi connectivity index (χ1n) is 7.13. The molecule has 6 nitrogen and oxygen atoms in total. The largest absolute Gasteiger partial charge is 0.423 e. The number of aliphatic hydroxyl groups is 2. The molecule has 0 spiro atoms. The molecule has 1 atom stereocenters. The summed E-state index contributed by atoms with van der Waals surface area (Å²) < 4.78 is 5.14. The fourth-order valence-electron chi connectivity index (χ4n) is 2.73. The van der Waals surface area contributed by atoms with Crippen molar-refractivity contribution in [1.29, 1.82) is 0 Å². The van der Waals surface area contributed by atoms with Crippen LogP contribution in [0, 0.1) is 11.8 Å². The molecule has 1 aliphatic carbocycles. The molecule has 1 fully saturated rings. The molecule has 1 saturated carbocycles. The standard InChI is InChI=1S/C15H21NO5/c1-9(13(16)18)6-11-7-12(14(19)21-11)10-2-4-15(20,8-17)5-3-10/h6-7,9-10,17,20H,2-5,8H2,1H3,(H2,16,18)/b11-6-. The minimum atomic E-state index is -1.03. The van der Waals surface area contributed by atoms with Gasteiger partial charge in [-0.05, 0) is 50.7 Å². The van der Waals surface area contributed by atoms with Crippen LogP contribution < -0.4 is 5.73 Å². The van der Waals surface area contributed by atoms with Gasteiger partial charge in [-0.2, -0.15) is 0 Å². The summed E-state index contributed by atoms with van der Waals surface area (Å²) in [5.41, 5.74) is 4.71. The van der Waals surface area contributed by atoms with Gasteiger partial charge in [0.15, 0.2) is 0 Å². The van der Waals surface area contributed by atoms with Crippen molar-refractivity contribution in [3.05, 3.63) is 23.5 Å². The van der Waals surface area contributed by atoms with Crippen molar-refractivity contribution in [1.82, 2.24) is 0 Å². The van der Waals surface area contributed by atoms with E-state index >= 15 is 0 Å². The molecule has 0 aromatic heterocycles. The van der Waals surface area contributed by atoms with Gasteiger partial charge in [0.05, 0.1) is 18.1 Å². The molecule has 0 aromatic carbocycles. The van der Waals surface area contributed by atoms with E-state index in [9.17, 15) is 14.7 Å². The third-order valence-corrected chi connectivity index (χ3v) is 4.26. The molecule has 1 aliphatic heterocycles. The van der Waals surface area contributed by atoms with Gasteiger partial charge in [0.2, 0.25) is 5.91 Å². The van der Waals surface area contributed by atoms with E-state index in [0.29, 0.717) is 37.0 Å². The number of aliphatic hydroxyl groups excluding tert-OH is 1. The summed E-state index contributed by atoms with van der Waals surface area (Å²) in [6.45, 7) is 1.38. The van der Waals surface area contributed by atoms with Crippen molar-refractivity contribution in [2.24, 2.45) is 17.6 Å². The fourth-order valence-corrected chi connectivity index (χ4v) is 2.73. The minimum absolute atomic E-state index is 0.0131. The lowest BCUT2D eigenvalue weighted by atomic mass is 9.76. The van der Waals surface area contributed by atoms with Crippen LogP contribution in [0.5, 0.6) is 0 Å². The van der Waals surface area contributed by atoms with Crippen molar-refractivity contribution in [2.45, 2.75) is 38.2 Å². The van der Waals surface area contributed by atoms with Crippen LogP contribution >= 0.6 is 0 Å². The van der Waals surface area contributed by atoms with E-state index in [-0.39, 0.29) is 12.5 Å². The number of hydrogen-bond acceptors (Lipinski definition) is 5. The number of nitrogens with two attached hydrogens (primary N) is 1. The number of esters is 1. The Labute approximate surface area is 123 Å². The van der Waals surface area contributed by atoms with Crippen LogP contribution in [-0.2, 0) is 14.3 Å². The van der Waals surface area contributed by atoms with Gasteiger partial charge >= 0.3 is 5.97 Å². The van der Waals surface area contributed by atoms with Crippen LogP contribution in [0.4, 0.5) is 0 Å². The molecule has 4 N–H and O–H groups in total. The van der Waals surface area contributed by atoms with E-state index in [0.717, 1.165) is 0 Å². The molecule has 116 valence electrons. The molecule has 1 amide bonds. The molecule has 0 aromatic rings. The van der Waals surface area contributed by atoms with E-state index in [4.69, 9.17) is 15.6 Å². The van der Waals surface area contributed by atoms with Crippen molar-refractivity contribution in [2.75, 3.05) is 6.61 Å². The first-order valence-corrected chi connectivity index (χ1v) is 7.13. The Morgan fingerprint density at radius 3 is 2.71 bits per heavy atom. The van der Waals surface area contributed by atoms with Crippen LogP contribution in [0.2, 0.25) is 0 Å². The highest BCUT2D eigenvalue weighted by Crippen LogP contribution is 2.38. The first kappa shape index (κ1) is 15.7. The van der Waals surface area contributed by atoms with Gasteiger partial charge in [0.1, 0.15) is 5.76 Å². The Hall–Kier alpha value is -1.66. The topological polar surface area (TPSA) is 110 Å². The van der Waals surface area contributed by atoms with Crippen molar-refractivity contribution in [3.63, 3.8) is 0 Å². The zero-order valence-corrected chi connectivity index (χ0v) is 12.0. The van der Waals surface area contributed by atoms with Crippen LogP contribution in [0.1, 0.15) is 32.6 Å². The Balaban J connectivity index is 2.07. The lowest BCUT2D eigenvalue weighted by Crippen LogP contribution is -2.38. The van der Waals surface area contributed by atoms with Crippen molar-refractivity contribution >= 4 is 11.9 Å². The Bertz CT molecular complexity index is 500. The van der Waals surface area contributed by atoms with Gasteiger partial charge in [-0.15, -0.1) is 0 Å². The monoisotopic (exact) mass is 295 g/mol. The number of carbonyl (C=O) groups excluding carboxylic acids is 2. The molecule has 2 aliphatic rings. The number of cyclic esters (lactones) is 1. The lowest BCUT2D eigenvalue weighted by molar-refractivity contribution is -0.134. The van der Waals surface area contributed by atoms with Crippen molar-refractivity contribution < 1.29 is 24.5 Å². The number of ether oxygens (including phenoxy) is 1. The van der Waals surface area contributed by atoms with Gasteiger partial charge < -0.3 is 20.7 Å². The van der Waals surface area contributed by atoms with E-state index in [1.165, 1.54) is 6.08 Å². The van der Waals surface area contributed by atoms with E-state index in [1.807, 2.05) is 0 Å². The highest BCUT2D eigenvalue weighted by Gasteiger charge is 2.37. The Kier molecular flexibility index (Phi) is 4.49. The maximum Gasteiger partial charge on any atom is 0.339 e. The maximum absolute atomic E-state index is 11.9. The summed E-state index contributed by atoms with van der Waals surface area (Å²) in [6.07, 6.45) is 5.33. The number of allylic oxidation sites excluding steroid dienone is 1. The van der Waals surface area contributed by atoms with Gasteiger partial charge in [-0.1, -0.05) is 0 Å². The van der Waals surface area contributed by atoms with E-state index < -0.39 is 23.4 Å². The van der Waals surface area contributed by atoms with Crippen LogP contribution in [0.3, 0.4) is 0 Å². The molecular formula is C15H21NO5. The van der Waals surface area contributed by atoms with Crippen LogP contribution in [-0.4, -0.2) is 34.3 Å². The zero-order valence-electron chi connectivity index (χ0n) is 12.0. The molecule has 2 rings (SSSR count). The average Bonchev–Trinajstić information content (AvgIpc) is 2.80. The smallest absolute Gasteiger partial charge is 0.339 e. The average molecular weight is 295 g/mol. The van der Waals surface area contributed by atoms with Gasteiger partial charge in [-0.3, -0.25) is 4.79 Å². The molecule has 0 radical (unpaired) electrons. The van der Waals surface area contributed by atoms with Gasteiger partial charge in [0, 0.05) is 5.57 Å². The Morgan fingerprint density at radius 2 is 2.19 bits per heavy atom. The number of carbonyl (C=O) groups is 2. The van der Waals surface area contributed by atoms with Crippen LogP contribution in [0.15, 0.2) is 23.5 Å². The lowest BCUT2D eigenvalue weighted by Gasteiger charge is -2.34. The first-order chi connectivity index (χ1) is 9.84. The summed E-state index contributed by atoms with van der Waals surface area (Å²) in [7, 11) is 0. The van der Waals surface area contributed by atoms with E-state index in [2.05, 4.69) is 0 Å². The summed E-state index contributed by atoms with van der Waals surface area (Å²) in [5, 5.41) is 19.1. The van der Waals surface area contributed by atoms with Gasteiger partial charge in [-0.25, -0.2) is 4.79 Å². The highest BCUT2D eigenvalue weighted by atomic mass is 16.5. The van der Waals surface area contributed by atoms with Crippen LogP contribution in [0.25, 0.3) is 0 Å². The quantitative estimate of drug-likeness (QED) is 0.650. The zero-order chi connectivity index (χ0) is 15.6. The second-order valence-electron chi connectivity index (χ2n) is 5.91. The highest BCUT2D eigenvalue weighted by molar-refractivity contribution is 5.93. The molecule has 1 heterocycles. The third-order valence-electron chi connectivity index (χ3n) is 4.26. The second-order valence-corrected chi connectivity index (χ2v) is 5.91. The number of rotatable bonds is 4. The number of amides is 1. The number of primary amides is 1. The summed E-state index contributed by atoms with van der Waals surface area (Å²) >= 11 is 0. The molecule has 6 heteroatoms. The minimum Gasteiger partial charge on any atom is -0.423 e. The van der Waals surface area contributed by atoms with E-state index in [1.54, 1.807) is 13.0 Å². The summed E-state index contributed by atoms with van der Waals surface area (Å²) in [5.74, 6) is -1.03. The number of hydrogen-bond donors (Lipinski definition) is 3. The molecule has 21 heavy (non-hydrogen) atoms. The molecule has 1 unspecified atom stereocenters.